The minimum absolute atomic E-state index is 0.279. The number of benzene rings is 1. The molecule has 0 saturated heterocycles. The molecule has 0 aliphatic carbocycles. The third-order valence-corrected chi connectivity index (χ3v) is 4.81. The lowest BCUT2D eigenvalue weighted by Crippen LogP contribution is -2.54. The monoisotopic (exact) mass is 317 g/mol. The Morgan fingerprint density at radius 2 is 2.10 bits per heavy atom. The van der Waals surface area contributed by atoms with Crippen LogP contribution in [0, 0.1) is 11.3 Å². The molecule has 2 amide bonds. The number of carbonyl (C=O) groups is 1. The summed E-state index contributed by atoms with van der Waals surface area (Å²) in [5.74, 6) is 0. The van der Waals surface area contributed by atoms with Crippen molar-refractivity contribution in [3.05, 3.63) is 41.6 Å². The van der Waals surface area contributed by atoms with Gasteiger partial charge in [-0.1, -0.05) is 36.5 Å². The van der Waals surface area contributed by atoms with Crippen LogP contribution in [0.15, 0.2) is 30.5 Å². The van der Waals surface area contributed by atoms with E-state index in [9.17, 15) is 10.1 Å². The minimum atomic E-state index is -1.26. The molecule has 0 bridgehead atoms. The van der Waals surface area contributed by atoms with Crippen molar-refractivity contribution >= 4 is 40.3 Å². The van der Waals surface area contributed by atoms with Crippen LogP contribution < -0.4 is 0 Å². The Balaban J connectivity index is 2.72. The van der Waals surface area contributed by atoms with Gasteiger partial charge in [0, 0.05) is 25.9 Å². The summed E-state index contributed by atoms with van der Waals surface area (Å²) in [4.78, 5) is 15.3. The first-order valence-electron chi connectivity index (χ1n) is 6.27. The summed E-state index contributed by atoms with van der Waals surface area (Å²) in [6, 6.07) is 9.51. The lowest BCUT2D eigenvalue weighted by Gasteiger charge is -2.41. The highest BCUT2D eigenvalue weighted by atomic mass is 32.2. The number of hydrogen-bond donors (Lipinski definition) is 0. The molecule has 0 saturated carbocycles. The van der Waals surface area contributed by atoms with Gasteiger partial charge in [0.1, 0.15) is 6.07 Å². The molecule has 0 aromatic heterocycles. The molecule has 108 valence electrons. The highest BCUT2D eigenvalue weighted by Crippen LogP contribution is 2.40. The van der Waals surface area contributed by atoms with Crippen LogP contribution >= 0.6 is 24.0 Å². The van der Waals surface area contributed by atoms with Crippen molar-refractivity contribution in [1.82, 2.24) is 9.80 Å². The fourth-order valence-electron chi connectivity index (χ4n) is 2.31. The Bertz CT molecular complexity index is 663. The van der Waals surface area contributed by atoms with Crippen molar-refractivity contribution in [2.45, 2.75) is 5.54 Å². The van der Waals surface area contributed by atoms with E-state index >= 15 is 0 Å². The lowest BCUT2D eigenvalue weighted by molar-refractivity contribution is 0.172. The normalized spacial score (nSPS) is 19.6. The molecule has 0 fully saturated rings. The summed E-state index contributed by atoms with van der Waals surface area (Å²) >= 11 is 6.75. The molecule has 4 nitrogen and oxygen atoms in total. The van der Waals surface area contributed by atoms with Gasteiger partial charge >= 0.3 is 6.03 Å². The van der Waals surface area contributed by atoms with Crippen LogP contribution in [0.2, 0.25) is 0 Å². The van der Waals surface area contributed by atoms with Gasteiger partial charge in [0.05, 0.1) is 4.20 Å². The molecular weight excluding hydrogens is 302 g/mol. The van der Waals surface area contributed by atoms with Crippen molar-refractivity contribution in [2.75, 3.05) is 20.4 Å². The first-order valence-corrected chi connectivity index (χ1v) is 7.90. The Morgan fingerprint density at radius 1 is 1.43 bits per heavy atom. The number of hydrogen-bond acceptors (Lipinski definition) is 4. The lowest BCUT2D eigenvalue weighted by atomic mass is 9.85. The first kappa shape index (κ1) is 15.5. The van der Waals surface area contributed by atoms with E-state index < -0.39 is 5.54 Å². The van der Waals surface area contributed by atoms with Crippen molar-refractivity contribution in [1.29, 1.82) is 5.26 Å². The highest BCUT2D eigenvalue weighted by molar-refractivity contribution is 8.22. The van der Waals surface area contributed by atoms with E-state index in [4.69, 9.17) is 12.2 Å². The maximum Gasteiger partial charge on any atom is 0.325 e. The van der Waals surface area contributed by atoms with Crippen molar-refractivity contribution in [2.24, 2.45) is 0 Å². The van der Waals surface area contributed by atoms with Crippen LogP contribution in [0.3, 0.4) is 0 Å². The van der Waals surface area contributed by atoms with E-state index in [2.05, 4.69) is 6.07 Å². The van der Waals surface area contributed by atoms with Crippen LogP contribution in [0.1, 0.15) is 11.1 Å². The standard InChI is InChI=1S/C15H15N3OS2/c1-17(2)14(19)18-9-8-11-6-4-5-7-12(11)15(18,10-16)13(20)21-3/h4-9H,1-3H3. The van der Waals surface area contributed by atoms with Gasteiger partial charge in [0.25, 0.3) is 0 Å². The Labute approximate surface area is 134 Å². The third kappa shape index (κ3) is 2.33. The molecule has 1 aliphatic heterocycles. The Kier molecular flexibility index (Phi) is 4.35. The fraction of sp³-hybridized carbons (Fsp3) is 0.267. The quantitative estimate of drug-likeness (QED) is 0.747. The number of thioether (sulfide) groups is 1. The highest BCUT2D eigenvalue weighted by Gasteiger charge is 2.48. The number of thiocarbonyl (C=S) groups is 1. The summed E-state index contributed by atoms with van der Waals surface area (Å²) in [6.07, 6.45) is 5.28. The Morgan fingerprint density at radius 3 is 2.67 bits per heavy atom. The molecule has 1 aliphatic rings. The van der Waals surface area contributed by atoms with Gasteiger partial charge in [-0.2, -0.15) is 5.26 Å². The number of fused-ring (bicyclic) bond motifs is 1. The second kappa shape index (κ2) is 5.88. The Hall–Kier alpha value is -1.84. The predicted octanol–water partition coefficient (Wildman–Crippen LogP) is 3.06. The molecule has 1 aromatic carbocycles. The average molecular weight is 317 g/mol. The molecule has 6 heteroatoms. The summed E-state index contributed by atoms with van der Waals surface area (Å²) < 4.78 is 0.456. The fourth-order valence-corrected chi connectivity index (χ4v) is 3.11. The molecule has 1 heterocycles. The van der Waals surface area contributed by atoms with Crippen LogP contribution in [0.5, 0.6) is 0 Å². The van der Waals surface area contributed by atoms with Crippen LogP contribution in [0.25, 0.3) is 6.08 Å². The predicted molar refractivity (Wildman–Crippen MR) is 89.8 cm³/mol. The second-order valence-electron chi connectivity index (χ2n) is 4.76. The summed E-state index contributed by atoms with van der Waals surface area (Å²) in [6.45, 7) is 0. The molecule has 1 atom stereocenters. The zero-order valence-corrected chi connectivity index (χ0v) is 13.7. The van der Waals surface area contributed by atoms with E-state index in [0.29, 0.717) is 4.20 Å². The molecule has 0 radical (unpaired) electrons. The molecule has 1 aromatic rings. The zero-order valence-electron chi connectivity index (χ0n) is 12.0. The molecule has 0 spiro atoms. The number of amides is 2. The number of nitrogens with zero attached hydrogens (tertiary/aromatic N) is 3. The molecule has 0 N–H and O–H groups in total. The molecule has 21 heavy (non-hydrogen) atoms. The van der Waals surface area contributed by atoms with Crippen LogP contribution in [-0.4, -0.2) is 40.4 Å². The van der Waals surface area contributed by atoms with Crippen LogP contribution in [-0.2, 0) is 5.54 Å². The largest absolute Gasteiger partial charge is 0.330 e. The molecular formula is C15H15N3OS2. The zero-order chi connectivity index (χ0) is 15.6. The van der Waals surface area contributed by atoms with E-state index in [1.807, 2.05) is 36.6 Å². The average Bonchev–Trinajstić information content (AvgIpc) is 2.52. The minimum Gasteiger partial charge on any atom is -0.330 e. The third-order valence-electron chi connectivity index (χ3n) is 3.35. The topological polar surface area (TPSA) is 47.3 Å². The van der Waals surface area contributed by atoms with Gasteiger partial charge in [-0.3, -0.25) is 4.90 Å². The van der Waals surface area contributed by atoms with Gasteiger partial charge in [0.15, 0.2) is 0 Å². The van der Waals surface area contributed by atoms with Gasteiger partial charge in [-0.25, -0.2) is 4.79 Å². The van der Waals surface area contributed by atoms with E-state index in [1.54, 1.807) is 20.3 Å². The van der Waals surface area contributed by atoms with Gasteiger partial charge < -0.3 is 4.90 Å². The van der Waals surface area contributed by atoms with Crippen LogP contribution in [0.4, 0.5) is 4.79 Å². The smallest absolute Gasteiger partial charge is 0.325 e. The van der Waals surface area contributed by atoms with Gasteiger partial charge in [-0.15, -0.1) is 11.8 Å². The second-order valence-corrected chi connectivity index (χ2v) is 6.25. The van der Waals surface area contributed by atoms with Crippen molar-refractivity contribution < 1.29 is 4.79 Å². The van der Waals surface area contributed by atoms with E-state index in [1.165, 1.54) is 21.6 Å². The molecule has 2 rings (SSSR count). The number of urea groups is 1. The van der Waals surface area contributed by atoms with E-state index in [-0.39, 0.29) is 6.03 Å². The number of carbonyl (C=O) groups excluding carboxylic acids is 1. The first-order chi connectivity index (χ1) is 9.98. The number of nitriles is 1. The van der Waals surface area contributed by atoms with Crippen molar-refractivity contribution in [3.63, 3.8) is 0 Å². The summed E-state index contributed by atoms with van der Waals surface area (Å²) in [7, 11) is 3.31. The maximum absolute atomic E-state index is 12.5. The molecule has 1 unspecified atom stereocenters. The van der Waals surface area contributed by atoms with E-state index in [0.717, 1.165) is 11.1 Å². The van der Waals surface area contributed by atoms with Crippen molar-refractivity contribution in [3.8, 4) is 6.07 Å². The van der Waals surface area contributed by atoms with Gasteiger partial charge in [0.2, 0.25) is 5.54 Å². The summed E-state index contributed by atoms with van der Waals surface area (Å²) in [5.41, 5.74) is 0.379. The SMILES string of the molecule is CSC(=S)C1(C#N)c2ccccc2C=CN1C(=O)N(C)C. The maximum atomic E-state index is 12.5. The summed E-state index contributed by atoms with van der Waals surface area (Å²) in [5, 5.41) is 9.89. The van der Waals surface area contributed by atoms with Gasteiger partial charge in [-0.05, 0) is 17.9 Å². The number of rotatable bonds is 1.